The fourth-order valence-electron chi connectivity index (χ4n) is 9.28. The van der Waals surface area contributed by atoms with Gasteiger partial charge in [-0.05, 0) is 156 Å². The molecule has 6 fully saturated rings. The van der Waals surface area contributed by atoms with Crippen LogP contribution in [0.3, 0.4) is 0 Å². The molecule has 4 aliphatic heterocycles. The van der Waals surface area contributed by atoms with Crippen LogP contribution in [0.4, 0.5) is 34.4 Å². The van der Waals surface area contributed by atoms with Crippen LogP contribution in [0.15, 0.2) is 73.1 Å². The largest absolute Gasteiger partial charge is 0.377 e. The second-order valence-electron chi connectivity index (χ2n) is 19.0. The van der Waals surface area contributed by atoms with Gasteiger partial charge in [-0.3, -0.25) is 19.4 Å². The highest BCUT2D eigenvalue weighted by Gasteiger charge is 2.61. The Kier molecular flexibility index (Phi) is 12.5. The lowest BCUT2D eigenvalue weighted by molar-refractivity contribution is -0.124. The number of carbonyl (C=O) groups is 2. The van der Waals surface area contributed by atoms with Gasteiger partial charge in [0.25, 0.3) is 23.5 Å². The Morgan fingerprint density at radius 1 is 0.701 bits per heavy atom. The minimum atomic E-state index is -1.25. The fraction of sp³-hybridized carbons (Fsp3) is 0.429. The number of nitrogens with zero attached hydrogens (tertiary/aromatic N) is 8. The summed E-state index contributed by atoms with van der Waals surface area (Å²) in [5.41, 5.74) is 10.4. The molecule has 4 saturated heterocycles. The molecule has 6 heterocycles. The Morgan fingerprint density at radius 2 is 1.10 bits per heavy atom. The lowest BCUT2D eigenvalue weighted by Crippen LogP contribution is -2.60. The van der Waals surface area contributed by atoms with Crippen molar-refractivity contribution in [3.05, 3.63) is 118 Å². The number of hydrogen-bond donors (Lipinski definition) is 2. The smallest absolute Gasteiger partial charge is 0.272 e. The van der Waals surface area contributed by atoms with Crippen LogP contribution in [-0.2, 0) is 41.1 Å². The average molecular weight is 959 g/mol. The number of nitrogens with one attached hydrogen (secondary N) is 1. The molecule has 2 saturated carbocycles. The van der Waals surface area contributed by atoms with E-state index in [0.29, 0.717) is 65.2 Å². The number of rotatable bonds is 8. The number of amides is 2. The highest BCUT2D eigenvalue weighted by Crippen LogP contribution is 2.50. The van der Waals surface area contributed by atoms with Crippen molar-refractivity contribution >= 4 is 91.8 Å². The summed E-state index contributed by atoms with van der Waals surface area (Å²) in [4.78, 5) is 49.6. The van der Waals surface area contributed by atoms with Crippen molar-refractivity contribution in [1.29, 1.82) is 0 Å². The highest BCUT2D eigenvalue weighted by atomic mass is 32.2. The molecule has 2 aromatic heterocycles. The fourth-order valence-corrected chi connectivity index (χ4v) is 11.1. The molecule has 2 amide bonds. The maximum Gasteiger partial charge on any atom is 0.272 e. The van der Waals surface area contributed by atoms with Gasteiger partial charge in [-0.1, -0.05) is 44.8 Å². The molecule has 67 heavy (non-hydrogen) atoms. The molecular weight excluding hydrogens is 905 g/mol. The summed E-state index contributed by atoms with van der Waals surface area (Å²) in [6, 6.07) is 19.5. The van der Waals surface area contributed by atoms with Crippen LogP contribution in [0, 0.1) is 27.0 Å². The van der Waals surface area contributed by atoms with E-state index in [1.165, 1.54) is 0 Å². The SMILES string of the molecule is C.[C-]#[N+]c1ncc(N2C(=O)C3(CCC3)N(c3ccc(C4(N)COC4)cc3)C2=S)cc1C.[C-]#[N+]c1ncc(N2C(=O)C3(CCC3)N(c3ccc(C4(NS(=O)C(C)(C)C)COC4)cc3)C2=S)cc1C. The predicted octanol–water partition coefficient (Wildman–Crippen LogP) is 8.10. The maximum absolute atomic E-state index is 13.7. The highest BCUT2D eigenvalue weighted by molar-refractivity contribution is 7.84. The third-order valence-corrected chi connectivity index (χ3v) is 16.0. The van der Waals surface area contributed by atoms with Crippen LogP contribution in [-0.4, -0.2) is 78.5 Å². The van der Waals surface area contributed by atoms with Crippen LogP contribution >= 0.6 is 24.4 Å². The number of ether oxygens (including phenoxy) is 2. The van der Waals surface area contributed by atoms with Gasteiger partial charge in [0.2, 0.25) is 0 Å². The minimum absolute atomic E-state index is 0. The first-order chi connectivity index (χ1) is 31.4. The van der Waals surface area contributed by atoms with Crippen LogP contribution in [0.25, 0.3) is 9.69 Å². The van der Waals surface area contributed by atoms with Crippen LogP contribution < -0.4 is 30.1 Å². The molecule has 1 atom stereocenters. The third kappa shape index (κ3) is 7.72. The summed E-state index contributed by atoms with van der Waals surface area (Å²) >= 11 is 11.7. The number of benzene rings is 2. The molecule has 348 valence electrons. The van der Waals surface area contributed by atoms with Gasteiger partial charge in [-0.25, -0.2) is 8.93 Å². The molecule has 1 unspecified atom stereocenters. The molecule has 4 aromatic rings. The Morgan fingerprint density at radius 3 is 1.40 bits per heavy atom. The molecule has 18 heteroatoms. The topological polar surface area (TPSA) is 155 Å². The number of pyridine rings is 2. The van der Waals surface area contributed by atoms with E-state index in [2.05, 4.69) is 24.4 Å². The van der Waals surface area contributed by atoms with E-state index in [0.717, 1.165) is 66.6 Å². The van der Waals surface area contributed by atoms with E-state index in [-0.39, 0.29) is 19.2 Å². The first-order valence-corrected chi connectivity index (χ1v) is 23.8. The van der Waals surface area contributed by atoms with Crippen molar-refractivity contribution in [2.45, 2.75) is 107 Å². The quantitative estimate of drug-likeness (QED) is 0.130. The number of anilines is 4. The predicted molar refractivity (Wildman–Crippen MR) is 269 cm³/mol. The second-order valence-corrected chi connectivity index (χ2v) is 21.7. The van der Waals surface area contributed by atoms with Crippen LogP contribution in [0.1, 0.15) is 89.0 Å². The minimum Gasteiger partial charge on any atom is -0.377 e. The van der Waals surface area contributed by atoms with E-state index < -0.39 is 37.9 Å². The van der Waals surface area contributed by atoms with E-state index in [4.69, 9.17) is 52.8 Å². The summed E-state index contributed by atoms with van der Waals surface area (Å²) in [6.07, 6.45) is 7.99. The van der Waals surface area contributed by atoms with Gasteiger partial charge >= 0.3 is 0 Å². The average Bonchev–Trinajstić information content (AvgIpc) is 3.63. The molecule has 10 rings (SSSR count). The molecule has 3 N–H and O–H groups in total. The Hall–Kier alpha value is -5.57. The Labute approximate surface area is 405 Å². The first-order valence-electron chi connectivity index (χ1n) is 21.8. The number of aryl methyl sites for hydroxylation is 2. The van der Waals surface area contributed by atoms with Gasteiger partial charge in [0.15, 0.2) is 10.2 Å². The lowest BCUT2D eigenvalue weighted by Gasteiger charge is -2.44. The summed E-state index contributed by atoms with van der Waals surface area (Å²) in [5, 5.41) is 0.858. The van der Waals surface area contributed by atoms with E-state index >= 15 is 0 Å². The monoisotopic (exact) mass is 958 g/mol. The molecule has 0 radical (unpaired) electrons. The Bertz CT molecular complexity index is 2780. The van der Waals surface area contributed by atoms with Gasteiger partial charge in [0, 0.05) is 11.4 Å². The standard InChI is InChI=1S/C26H29N5O3S2.C22H21N5O2S.CH4/c1-17-13-20(14-28-21(17)27-5)30-22(32)26(11-6-12-26)31(23(30)35)19-9-7-18(8-10-19)25(15-34-16-25)29-36(33)24(2,3)4;1-14-10-17(11-25-18(14)24-2)26-19(28)22(8-3-9-22)27(20(26)30)16-6-4-15(5-7-16)21(23)12-29-13-21;/h7-10,13-14,29H,6,11-12,15-16H2,1-4H3;4-7,10-11H,3,8-9,12-13,23H2,1H3;1H4. The summed E-state index contributed by atoms with van der Waals surface area (Å²) in [6.45, 7) is 25.8. The zero-order valence-corrected chi connectivity index (χ0v) is 39.9. The molecule has 6 aliphatic rings. The summed E-state index contributed by atoms with van der Waals surface area (Å²) in [7, 11) is -1.25. The molecular formula is C49H54N10O5S3. The number of thiocarbonyl (C=S) groups is 2. The van der Waals surface area contributed by atoms with Crippen LogP contribution in [0.5, 0.6) is 0 Å². The maximum atomic E-state index is 13.7. The summed E-state index contributed by atoms with van der Waals surface area (Å²) < 4.78 is 26.5. The zero-order valence-electron chi connectivity index (χ0n) is 37.4. The first kappa shape index (κ1) is 47.9. The van der Waals surface area contributed by atoms with Gasteiger partial charge < -0.3 is 34.7 Å². The van der Waals surface area contributed by atoms with Crippen molar-refractivity contribution in [2.24, 2.45) is 5.73 Å². The zero-order chi connectivity index (χ0) is 47.0. The van der Waals surface area contributed by atoms with Gasteiger partial charge in [0.1, 0.15) is 29.0 Å². The van der Waals surface area contributed by atoms with Gasteiger partial charge in [-0.15, -0.1) is 9.97 Å². The van der Waals surface area contributed by atoms with E-state index in [1.807, 2.05) is 92.9 Å². The second kappa shape index (κ2) is 17.5. The molecule has 0 bridgehead atoms. The van der Waals surface area contributed by atoms with Crippen molar-refractivity contribution in [2.75, 3.05) is 46.0 Å². The van der Waals surface area contributed by atoms with Crippen LogP contribution in [0.2, 0.25) is 0 Å². The van der Waals surface area contributed by atoms with E-state index in [9.17, 15) is 13.8 Å². The normalized spacial score (nSPS) is 21.0. The van der Waals surface area contributed by atoms with Crippen molar-refractivity contribution in [3.8, 4) is 0 Å². The van der Waals surface area contributed by atoms with Gasteiger partial charge in [0.05, 0.1) is 59.1 Å². The van der Waals surface area contributed by atoms with Gasteiger partial charge in [-0.2, -0.15) is 0 Å². The van der Waals surface area contributed by atoms with Crippen molar-refractivity contribution in [3.63, 3.8) is 0 Å². The molecule has 15 nitrogen and oxygen atoms in total. The summed E-state index contributed by atoms with van der Waals surface area (Å²) in [5.74, 6) is 0.572. The van der Waals surface area contributed by atoms with Crippen molar-refractivity contribution in [1.82, 2.24) is 14.7 Å². The number of nitrogens with two attached hydrogens (primary N) is 1. The molecule has 2 spiro atoms. The number of carbonyl (C=O) groups excluding carboxylic acids is 2. The number of aromatic nitrogens is 2. The molecule has 2 aliphatic carbocycles. The number of hydrogen-bond acceptors (Lipinski definition) is 10. The van der Waals surface area contributed by atoms with Crippen molar-refractivity contribution < 1.29 is 23.3 Å². The lowest BCUT2D eigenvalue weighted by atomic mass is 9.75. The Balaban J connectivity index is 0.000000182. The van der Waals surface area contributed by atoms with E-state index in [1.54, 1.807) is 34.3 Å². The molecule has 2 aromatic carbocycles. The third-order valence-electron chi connectivity index (χ3n) is 13.6.